The molecule has 310 valence electrons. The van der Waals surface area contributed by atoms with Gasteiger partial charge in [-0.15, -0.1) is 0 Å². The maximum Gasteiger partial charge on any atom is 0.173 e. The van der Waals surface area contributed by atoms with E-state index < -0.39 is 0 Å². The Labute approximate surface area is 388 Å². The summed E-state index contributed by atoms with van der Waals surface area (Å²) in [4.78, 5) is 9.65. The first-order valence-corrected chi connectivity index (χ1v) is 23.4. The summed E-state index contributed by atoms with van der Waals surface area (Å²) in [5.41, 5.74) is 15.8. The highest BCUT2D eigenvalue weighted by atomic mass is 32.1. The van der Waals surface area contributed by atoms with E-state index in [1.165, 1.54) is 66.7 Å². The third-order valence-electron chi connectivity index (χ3n) is 12.6. The lowest BCUT2D eigenvalue weighted by molar-refractivity contribution is 1.17. The number of hydrogen-bond acceptors (Lipinski definition) is 6. The Morgan fingerprint density at radius 3 is 1.00 bits per heavy atom. The lowest BCUT2D eigenvalue weighted by atomic mass is 10.0. The first kappa shape index (κ1) is 38.2. The van der Waals surface area contributed by atoms with E-state index in [1.807, 2.05) is 60.7 Å². The minimum Gasteiger partial charge on any atom is -0.309 e. The average Bonchev–Trinajstić information content (AvgIpc) is 4.22. The number of rotatable bonds is 8. The summed E-state index contributed by atoms with van der Waals surface area (Å²) in [6.07, 6.45) is 0. The molecule has 4 heterocycles. The summed E-state index contributed by atoms with van der Waals surface area (Å²) in [5.74, 6) is 1.53. The molecule has 0 amide bonds. The third kappa shape index (κ3) is 6.45. The zero-order valence-electron chi connectivity index (χ0n) is 35.3. The molecular weight excluding hydrogens is 845 g/mol. The molecule has 0 spiro atoms. The van der Waals surface area contributed by atoms with Gasteiger partial charge < -0.3 is 9.13 Å². The van der Waals surface area contributed by atoms with E-state index in [2.05, 4.69) is 176 Å². The molecule has 0 aliphatic rings. The van der Waals surface area contributed by atoms with Gasteiger partial charge in [0.05, 0.1) is 22.1 Å². The molecule has 0 saturated heterocycles. The van der Waals surface area contributed by atoms with Gasteiger partial charge in [-0.1, -0.05) is 170 Å². The molecule has 0 atom stereocenters. The molecule has 0 bridgehead atoms. The molecule has 0 saturated carbocycles. The molecule has 66 heavy (non-hydrogen) atoms. The Morgan fingerprint density at radius 1 is 0.273 bits per heavy atom. The lowest BCUT2D eigenvalue weighted by Gasteiger charge is -2.11. The molecule has 0 N–H and O–H groups in total. The zero-order chi connectivity index (χ0) is 43.6. The van der Waals surface area contributed by atoms with Gasteiger partial charge >= 0.3 is 0 Å². The summed E-state index contributed by atoms with van der Waals surface area (Å²) in [6, 6.07) is 77.6. The first-order chi connectivity index (χ1) is 32.7. The molecule has 0 aliphatic heterocycles. The van der Waals surface area contributed by atoms with Gasteiger partial charge in [0.15, 0.2) is 11.6 Å². The van der Waals surface area contributed by atoms with Crippen LogP contribution < -0.4 is 0 Å². The highest BCUT2D eigenvalue weighted by Crippen LogP contribution is 2.43. The van der Waals surface area contributed by atoms with Gasteiger partial charge in [-0.3, -0.25) is 0 Å². The molecule has 0 radical (unpaired) electrons. The SMILES string of the molecule is c1ccc(-c2nsc(-c3ccc(-c4ccc(-n5c6ccccc6c6c7c8ccccc8n(-c8ccc(-c9ccc(-c%10nc(-c%11ccccc%11)ns%10)cc9)cc8)c7ccc65)cc4)cc3)n2)cc1. The van der Waals surface area contributed by atoms with Crippen LogP contribution in [0.25, 0.3) is 121 Å². The van der Waals surface area contributed by atoms with Crippen molar-refractivity contribution in [1.29, 1.82) is 0 Å². The van der Waals surface area contributed by atoms with E-state index in [-0.39, 0.29) is 0 Å². The van der Waals surface area contributed by atoms with Gasteiger partial charge in [0, 0.05) is 55.2 Å². The normalized spacial score (nSPS) is 11.6. The van der Waals surface area contributed by atoms with Crippen molar-refractivity contribution in [2.75, 3.05) is 0 Å². The second-order valence-corrected chi connectivity index (χ2v) is 17.9. The summed E-state index contributed by atoms with van der Waals surface area (Å²) >= 11 is 2.87. The van der Waals surface area contributed by atoms with Crippen LogP contribution >= 0.6 is 23.1 Å². The molecule has 0 aliphatic carbocycles. The minimum atomic E-state index is 0.764. The van der Waals surface area contributed by atoms with E-state index in [0.29, 0.717) is 0 Å². The lowest BCUT2D eigenvalue weighted by Crippen LogP contribution is -1.95. The van der Waals surface area contributed by atoms with Gasteiger partial charge in [0.25, 0.3) is 0 Å². The number of nitrogens with zero attached hydrogens (tertiary/aromatic N) is 6. The van der Waals surface area contributed by atoms with E-state index in [9.17, 15) is 0 Å². The largest absolute Gasteiger partial charge is 0.309 e. The van der Waals surface area contributed by atoms with Crippen LogP contribution in [0.1, 0.15) is 0 Å². The number of hydrogen-bond donors (Lipinski definition) is 0. The van der Waals surface area contributed by atoms with Crippen molar-refractivity contribution < 1.29 is 0 Å². The van der Waals surface area contributed by atoms with Crippen LogP contribution in [0.5, 0.6) is 0 Å². The Bertz CT molecular complexity index is 3630. The average molecular weight is 881 g/mol. The van der Waals surface area contributed by atoms with Crippen LogP contribution in [-0.4, -0.2) is 27.8 Å². The van der Waals surface area contributed by atoms with Crippen molar-refractivity contribution in [1.82, 2.24) is 27.8 Å². The second-order valence-electron chi connectivity index (χ2n) is 16.4. The van der Waals surface area contributed by atoms with E-state index >= 15 is 0 Å². The van der Waals surface area contributed by atoms with Crippen LogP contribution in [0.15, 0.2) is 218 Å². The molecular formula is C58H36N6S2. The fourth-order valence-electron chi connectivity index (χ4n) is 9.38. The van der Waals surface area contributed by atoms with E-state index in [4.69, 9.17) is 9.97 Å². The Morgan fingerprint density at radius 2 is 0.606 bits per heavy atom. The molecule has 8 heteroatoms. The summed E-state index contributed by atoms with van der Waals surface area (Å²) in [7, 11) is 0. The molecule has 0 unspecified atom stereocenters. The van der Waals surface area contributed by atoms with Crippen molar-refractivity contribution in [3.63, 3.8) is 0 Å². The van der Waals surface area contributed by atoms with E-state index in [0.717, 1.165) is 77.5 Å². The highest BCUT2D eigenvalue weighted by molar-refractivity contribution is 7.09. The van der Waals surface area contributed by atoms with Gasteiger partial charge in [-0.05, 0) is 93.8 Å². The molecule has 13 aromatic rings. The smallest absolute Gasteiger partial charge is 0.173 e. The molecule has 0 fully saturated rings. The fraction of sp³-hybridized carbons (Fsp3) is 0. The Balaban J connectivity index is 0.829. The van der Waals surface area contributed by atoms with Crippen molar-refractivity contribution in [2.45, 2.75) is 0 Å². The van der Waals surface area contributed by atoms with Gasteiger partial charge in [0.1, 0.15) is 10.0 Å². The zero-order valence-corrected chi connectivity index (χ0v) is 36.9. The highest BCUT2D eigenvalue weighted by Gasteiger charge is 2.21. The van der Waals surface area contributed by atoms with Crippen LogP contribution in [0.2, 0.25) is 0 Å². The summed E-state index contributed by atoms with van der Waals surface area (Å²) in [5, 5.41) is 6.81. The van der Waals surface area contributed by atoms with Gasteiger partial charge in [-0.2, -0.15) is 8.75 Å². The summed E-state index contributed by atoms with van der Waals surface area (Å²) in [6.45, 7) is 0. The molecule has 6 nitrogen and oxygen atoms in total. The number of fused-ring (bicyclic) bond motifs is 7. The van der Waals surface area contributed by atoms with Crippen molar-refractivity contribution >= 4 is 66.7 Å². The standard InChI is InChI=1S/C58H36N6S2/c1-3-11-41(12-4-1)55-59-57(65-61-55)43-23-19-37(20-24-43)39-27-31-45(32-28-39)63-49-17-9-7-15-47(49)53-51(63)35-36-52-54(53)48-16-8-10-18-50(48)64(52)46-33-29-40(30-34-46)38-21-25-44(26-22-38)58-60-56(62-66-58)42-13-5-2-6-14-42/h1-36H. The maximum atomic E-state index is 4.83. The van der Waals surface area contributed by atoms with E-state index in [1.54, 1.807) is 0 Å². The van der Waals surface area contributed by atoms with Crippen molar-refractivity contribution in [3.05, 3.63) is 218 Å². The minimum absolute atomic E-state index is 0.764. The predicted octanol–water partition coefficient (Wildman–Crippen LogP) is 15.6. The van der Waals surface area contributed by atoms with Crippen LogP contribution in [-0.2, 0) is 0 Å². The number of benzene rings is 9. The Hall–Kier alpha value is -8.30. The summed E-state index contributed by atoms with van der Waals surface area (Å²) < 4.78 is 14.1. The monoisotopic (exact) mass is 880 g/mol. The molecule has 4 aromatic heterocycles. The quantitative estimate of drug-likeness (QED) is 0.153. The van der Waals surface area contributed by atoms with Crippen molar-refractivity contribution in [2.24, 2.45) is 0 Å². The predicted molar refractivity (Wildman–Crippen MR) is 275 cm³/mol. The molecule has 13 rings (SSSR count). The van der Waals surface area contributed by atoms with Crippen LogP contribution in [0.4, 0.5) is 0 Å². The first-order valence-electron chi connectivity index (χ1n) is 21.9. The second kappa shape index (κ2) is 15.7. The van der Waals surface area contributed by atoms with Gasteiger partial charge in [0.2, 0.25) is 0 Å². The maximum absolute atomic E-state index is 4.83. The van der Waals surface area contributed by atoms with Crippen LogP contribution in [0.3, 0.4) is 0 Å². The number of para-hydroxylation sites is 2. The topological polar surface area (TPSA) is 61.4 Å². The third-order valence-corrected chi connectivity index (χ3v) is 14.1. The molecule has 9 aromatic carbocycles. The number of aromatic nitrogens is 6. The fourth-order valence-corrected chi connectivity index (χ4v) is 10.8. The van der Waals surface area contributed by atoms with Crippen LogP contribution in [0, 0.1) is 0 Å². The van der Waals surface area contributed by atoms with Crippen molar-refractivity contribution in [3.8, 4) is 77.5 Å². The van der Waals surface area contributed by atoms with Gasteiger partial charge in [-0.25, -0.2) is 9.97 Å². The Kier molecular flexibility index (Phi) is 9.11.